The van der Waals surface area contributed by atoms with Crippen LogP contribution in [-0.2, 0) is 52.6 Å². The normalized spacial score (nSPS) is 12.9. The number of carboxylic acids is 3. The van der Waals surface area contributed by atoms with Crippen molar-refractivity contribution in [3.05, 3.63) is 0 Å². The molecular weight excluding hydrogens is 951 g/mol. The second kappa shape index (κ2) is 46.3. The van der Waals surface area contributed by atoms with E-state index in [2.05, 4.69) is 24.5 Å². The summed E-state index contributed by atoms with van der Waals surface area (Å²) in [5, 5.41) is 34.5. The lowest BCUT2D eigenvalue weighted by molar-refractivity contribution is -0.157. The number of carboxylic acid groups (broad SMARTS) is 3. The van der Waals surface area contributed by atoms with E-state index < -0.39 is 116 Å². The van der Waals surface area contributed by atoms with Gasteiger partial charge in [0, 0.05) is 37.2 Å². The molecule has 1 unspecified atom stereocenters. The first-order valence-corrected chi connectivity index (χ1v) is 28.2. The van der Waals surface area contributed by atoms with Gasteiger partial charge in [0.25, 0.3) is 0 Å². The van der Waals surface area contributed by atoms with Crippen molar-refractivity contribution >= 4 is 65.2 Å². The summed E-state index contributed by atoms with van der Waals surface area (Å²) < 4.78 is 19.5. The van der Waals surface area contributed by atoms with E-state index in [1.807, 2.05) is 5.32 Å². The summed E-state index contributed by atoms with van der Waals surface area (Å²) in [6.45, 7) is 2.62. The first-order chi connectivity index (χ1) is 35.0. The van der Waals surface area contributed by atoms with Crippen LogP contribution in [0.25, 0.3) is 0 Å². The average Bonchev–Trinajstić information content (AvgIpc) is 3.35. The second-order valence-corrected chi connectivity index (χ2v) is 19.8. The summed E-state index contributed by atoms with van der Waals surface area (Å²) in [6, 6.07) is -4.74. The molecule has 0 radical (unpaired) electrons. The Balaban J connectivity index is 5.59. The number of esters is 2. The van der Waals surface area contributed by atoms with Gasteiger partial charge >= 0.3 is 29.8 Å². The molecule has 0 rings (SSSR count). The first kappa shape index (κ1) is 65.6. The van der Waals surface area contributed by atoms with E-state index in [0.717, 1.165) is 56.7 Å². The molecule has 4 atom stereocenters. The van der Waals surface area contributed by atoms with E-state index in [1.165, 1.54) is 109 Å². The van der Waals surface area contributed by atoms with Crippen LogP contribution in [0, 0.1) is 0 Å². The fraction of sp³-hybridized carbons (Fsp3) is 0.827. The summed E-state index contributed by atoms with van der Waals surface area (Å²) in [7, 11) is 0. The fourth-order valence-electron chi connectivity index (χ4n) is 7.77. The zero-order chi connectivity index (χ0) is 54.5. The number of rotatable bonds is 50. The van der Waals surface area contributed by atoms with Gasteiger partial charge in [-0.05, 0) is 25.7 Å². The molecule has 0 spiro atoms. The Labute approximate surface area is 435 Å². The molecule has 0 aromatic heterocycles. The smallest absolute Gasteiger partial charge is 0.326 e. The van der Waals surface area contributed by atoms with E-state index in [1.54, 1.807) is 0 Å². The van der Waals surface area contributed by atoms with Crippen LogP contribution >= 0.6 is 11.8 Å². The topological polar surface area (TPSA) is 307 Å². The van der Waals surface area contributed by atoms with Crippen molar-refractivity contribution in [1.29, 1.82) is 0 Å². The van der Waals surface area contributed by atoms with Crippen LogP contribution in [0.15, 0.2) is 0 Å². The van der Waals surface area contributed by atoms with E-state index in [4.69, 9.17) is 21.7 Å². The number of nitrogens with two attached hydrogens (primary N) is 1. The molecule has 72 heavy (non-hydrogen) atoms. The minimum atomic E-state index is -1.70. The summed E-state index contributed by atoms with van der Waals surface area (Å²) in [5.74, 6) is -9.40. The van der Waals surface area contributed by atoms with Gasteiger partial charge in [-0.2, -0.15) is 11.8 Å². The number of thioether (sulfide) groups is 1. The number of unbranched alkanes of at least 4 members (excludes halogenated alkanes) is 24. The van der Waals surface area contributed by atoms with E-state index in [-0.39, 0.29) is 36.3 Å². The van der Waals surface area contributed by atoms with Gasteiger partial charge in [0.2, 0.25) is 23.6 Å². The van der Waals surface area contributed by atoms with Gasteiger partial charge < -0.3 is 51.8 Å². The van der Waals surface area contributed by atoms with Crippen molar-refractivity contribution in [2.45, 2.75) is 244 Å². The van der Waals surface area contributed by atoms with Gasteiger partial charge in [-0.3, -0.25) is 38.4 Å². The lowest BCUT2D eigenvalue weighted by Crippen LogP contribution is -2.56. The van der Waals surface area contributed by atoms with Crippen LogP contribution in [0.2, 0.25) is 1.41 Å². The molecule has 0 aliphatic heterocycles. The van der Waals surface area contributed by atoms with Crippen LogP contribution in [0.3, 0.4) is 0 Å². The van der Waals surface area contributed by atoms with Gasteiger partial charge in [-0.25, -0.2) is 4.79 Å². The number of hydrogen-bond acceptors (Lipinski definition) is 13. The van der Waals surface area contributed by atoms with Crippen molar-refractivity contribution < 1.29 is 69.4 Å². The third kappa shape index (κ3) is 41.1. The Bertz CT molecular complexity index is 1580. The molecule has 19 nitrogen and oxygen atoms in total. The average molecular weight is 1050 g/mol. The molecule has 0 aromatic carbocycles. The van der Waals surface area contributed by atoms with Gasteiger partial charge in [-0.15, -0.1) is 0 Å². The molecule has 20 heteroatoms. The molecule has 0 aliphatic rings. The Morgan fingerprint density at radius 3 is 1.35 bits per heavy atom. The molecule has 0 aliphatic carbocycles. The summed E-state index contributed by atoms with van der Waals surface area (Å²) in [6.07, 6.45) is 27.2. The van der Waals surface area contributed by atoms with Crippen LogP contribution in [0.4, 0.5) is 0 Å². The maximum absolute atomic E-state index is 13.7. The fourth-order valence-corrected chi connectivity index (χ4v) is 8.80. The first-order valence-electron chi connectivity index (χ1n) is 27.5. The monoisotopic (exact) mass is 1040 g/mol. The SMILES string of the molecule is [2H]N(CC(=O)N[C@@H](CCC(=O)O)C(=O)O)C(=O)[C@@H](CCC(=O)O)NC(=O)C(CSC[C@@H](COC(=O)CCCCCCCCCCCCCCC)OC(=O)CCCCCCCCCCCCCCC)NC(=O)CN. The second-order valence-electron chi connectivity index (χ2n) is 18.7. The summed E-state index contributed by atoms with van der Waals surface area (Å²) >= 11 is 1.06. The quantitative estimate of drug-likeness (QED) is 0.0216. The highest BCUT2D eigenvalue weighted by Crippen LogP contribution is 2.17. The lowest BCUT2D eigenvalue weighted by Gasteiger charge is -2.24. The number of ether oxygens (including phenoxy) is 2. The van der Waals surface area contributed by atoms with Gasteiger partial charge in [0.1, 0.15) is 30.8 Å². The molecule has 0 saturated carbocycles. The Kier molecular flexibility index (Phi) is 42.2. The predicted octanol–water partition coefficient (Wildman–Crippen LogP) is 7.48. The van der Waals surface area contributed by atoms with Gasteiger partial charge in [0.05, 0.1) is 13.1 Å². The molecule has 4 amide bonds. The number of nitrogens with one attached hydrogen (secondary N) is 4. The zero-order valence-electron chi connectivity index (χ0n) is 44.7. The minimum Gasteiger partial charge on any atom is -0.481 e. The van der Waals surface area contributed by atoms with E-state index in [9.17, 15) is 53.4 Å². The summed E-state index contributed by atoms with van der Waals surface area (Å²) in [5.41, 5.74) is 5.52. The molecule has 9 N–H and O–H groups in total. The van der Waals surface area contributed by atoms with Crippen LogP contribution < -0.4 is 27.0 Å². The molecular formula is C52H93N5O14S. The highest BCUT2D eigenvalue weighted by molar-refractivity contribution is 7.99. The molecule has 416 valence electrons. The van der Waals surface area contributed by atoms with Gasteiger partial charge in [-0.1, -0.05) is 168 Å². The Morgan fingerprint density at radius 1 is 0.500 bits per heavy atom. The van der Waals surface area contributed by atoms with Crippen molar-refractivity contribution in [3.63, 3.8) is 0 Å². The number of amides is 4. The maximum Gasteiger partial charge on any atom is 0.326 e. The Hall–Kier alpha value is -4.46. The van der Waals surface area contributed by atoms with Crippen LogP contribution in [0.5, 0.6) is 0 Å². The van der Waals surface area contributed by atoms with E-state index in [0.29, 0.717) is 12.8 Å². The molecule has 0 saturated heterocycles. The third-order valence-electron chi connectivity index (χ3n) is 12.0. The molecule has 0 aromatic rings. The third-order valence-corrected chi connectivity index (χ3v) is 13.2. The lowest BCUT2D eigenvalue weighted by atomic mass is 10.0. The van der Waals surface area contributed by atoms with Crippen LogP contribution in [-0.4, -0.2) is 124 Å². The van der Waals surface area contributed by atoms with Crippen LogP contribution in [0.1, 0.15) is 219 Å². The van der Waals surface area contributed by atoms with Gasteiger partial charge in [0.15, 0.2) is 1.41 Å². The number of aliphatic carboxylic acids is 3. The zero-order valence-corrected chi connectivity index (χ0v) is 44.6. The van der Waals surface area contributed by atoms with Crippen molar-refractivity contribution in [2.24, 2.45) is 5.73 Å². The standard InChI is InChI=1S/C52H93N5O14S/c1-3-5-7-9-11-13-15-17-19-21-23-25-27-29-48(64)70-37-40(71-49(65)30-28-26-24-22-20-18-16-14-12-10-8-6-4-2)38-72-39-43(56-44(58)35-53)51(67)57-41(31-33-46(60)61)50(66)54-36-45(59)55-42(52(68)69)32-34-47(62)63/h40-43H,3-39,53H2,1-2H3,(H,54,66)(H,55,59)(H,56,58)(H,57,67)(H,60,61)(H,62,63)(H,68,69)/t40-,41-,42+,43?/m1/s1/i/hD. The number of hydrogen-bond donors (Lipinski definition) is 8. The van der Waals surface area contributed by atoms with E-state index >= 15 is 0 Å². The number of carbonyl (C=O) groups excluding carboxylic acids is 6. The maximum atomic E-state index is 13.7. The largest absolute Gasteiger partial charge is 0.481 e. The van der Waals surface area contributed by atoms with Crippen molar-refractivity contribution in [3.8, 4) is 0 Å². The molecule has 0 fully saturated rings. The molecule has 0 bridgehead atoms. The highest BCUT2D eigenvalue weighted by atomic mass is 32.2. The minimum absolute atomic E-state index is 0.0272. The highest BCUT2D eigenvalue weighted by Gasteiger charge is 2.29. The van der Waals surface area contributed by atoms with Crippen molar-refractivity contribution in [1.82, 2.24) is 21.3 Å². The Morgan fingerprint density at radius 2 is 0.917 bits per heavy atom. The molecule has 0 heterocycles. The van der Waals surface area contributed by atoms with Crippen molar-refractivity contribution in [2.75, 3.05) is 31.2 Å². The number of carbonyl (C=O) groups is 9. The predicted molar refractivity (Wildman–Crippen MR) is 278 cm³/mol. The summed E-state index contributed by atoms with van der Waals surface area (Å²) in [4.78, 5) is 112.